The molecule has 1 aliphatic rings. The van der Waals surface area contributed by atoms with Crippen LogP contribution >= 0.6 is 0 Å². The van der Waals surface area contributed by atoms with Crippen molar-refractivity contribution in [2.75, 3.05) is 7.11 Å². The lowest BCUT2D eigenvalue weighted by Crippen LogP contribution is -2.35. The van der Waals surface area contributed by atoms with Gasteiger partial charge in [-0.25, -0.2) is 19.3 Å². The number of carbonyl (C=O) groups is 1. The molecule has 2 N–H and O–H groups in total. The summed E-state index contributed by atoms with van der Waals surface area (Å²) < 4.78 is 8.46. The van der Waals surface area contributed by atoms with Gasteiger partial charge in [-0.05, 0) is 34.0 Å². The number of aliphatic carboxylic acids is 1. The number of hydrogen-bond donors (Lipinski definition) is 2. The first-order chi connectivity index (χ1) is 16.5. The summed E-state index contributed by atoms with van der Waals surface area (Å²) in [5.74, 6) is -0.143. The number of aromatic nitrogens is 6. The van der Waals surface area contributed by atoms with E-state index in [0.29, 0.717) is 23.7 Å². The van der Waals surface area contributed by atoms with Gasteiger partial charge in [-0.15, -0.1) is 5.10 Å². The van der Waals surface area contributed by atoms with Crippen LogP contribution < -0.4 is 10.3 Å². The molecular weight excluding hydrogens is 436 g/mol. The largest absolute Gasteiger partial charge is 0.481 e. The highest BCUT2D eigenvalue weighted by Crippen LogP contribution is 2.32. The van der Waals surface area contributed by atoms with E-state index in [0.717, 1.165) is 22.3 Å². The van der Waals surface area contributed by atoms with Gasteiger partial charge in [-0.3, -0.25) is 4.79 Å². The van der Waals surface area contributed by atoms with E-state index in [1.807, 2.05) is 55.5 Å². The molecule has 3 heterocycles. The number of nitrogens with zero attached hydrogens (tertiary/aromatic N) is 5. The van der Waals surface area contributed by atoms with Crippen LogP contribution in [0.25, 0.3) is 22.5 Å². The Balaban J connectivity index is 1.50. The number of methoxy groups -OCH3 is 1. The minimum Gasteiger partial charge on any atom is -0.481 e. The molecule has 0 saturated heterocycles. The molecule has 5 rings (SSSR count). The summed E-state index contributed by atoms with van der Waals surface area (Å²) in [5, 5.41) is 23.7. The fourth-order valence-electron chi connectivity index (χ4n) is 4.41. The van der Waals surface area contributed by atoms with Crippen molar-refractivity contribution < 1.29 is 14.6 Å². The van der Waals surface area contributed by atoms with Crippen LogP contribution in [0.4, 0.5) is 0 Å². The van der Waals surface area contributed by atoms with Crippen LogP contribution in [0, 0.1) is 0 Å². The monoisotopic (exact) mass is 458 g/mol. The lowest BCUT2D eigenvalue weighted by molar-refractivity contribution is -0.140. The van der Waals surface area contributed by atoms with E-state index < -0.39 is 12.0 Å². The Morgan fingerprint density at radius 2 is 1.82 bits per heavy atom. The Hall–Kier alpha value is -4.47. The third-order valence-electron chi connectivity index (χ3n) is 6.01. The van der Waals surface area contributed by atoms with Crippen LogP contribution in [0.1, 0.15) is 30.1 Å². The maximum atomic E-state index is 13.3. The van der Waals surface area contributed by atoms with Crippen LogP contribution in [-0.4, -0.2) is 48.2 Å². The highest BCUT2D eigenvalue weighted by molar-refractivity contribution is 5.80. The Morgan fingerprint density at radius 1 is 1.09 bits per heavy atom. The number of rotatable bonds is 6. The van der Waals surface area contributed by atoms with Crippen LogP contribution in [0.15, 0.2) is 65.5 Å². The molecule has 0 aliphatic carbocycles. The molecule has 2 atom stereocenters. The zero-order valence-corrected chi connectivity index (χ0v) is 18.5. The van der Waals surface area contributed by atoms with E-state index in [4.69, 9.17) is 4.74 Å². The lowest BCUT2D eigenvalue weighted by Gasteiger charge is -2.25. The number of nitrogens with one attached hydrogen (secondary N) is 1. The minimum absolute atomic E-state index is 0.212. The number of benzene rings is 2. The minimum atomic E-state index is -1.09. The van der Waals surface area contributed by atoms with Crippen molar-refractivity contribution in [3.63, 3.8) is 0 Å². The van der Waals surface area contributed by atoms with Gasteiger partial charge < -0.3 is 9.84 Å². The smallest absolute Gasteiger partial charge is 0.332 e. The number of ether oxygens (including phenoxy) is 1. The van der Waals surface area contributed by atoms with Crippen molar-refractivity contribution in [3.8, 4) is 28.4 Å². The van der Waals surface area contributed by atoms with E-state index in [-0.39, 0.29) is 11.6 Å². The van der Waals surface area contributed by atoms with Gasteiger partial charge in [0.15, 0.2) is 11.9 Å². The van der Waals surface area contributed by atoms with E-state index in [1.165, 1.54) is 17.9 Å². The van der Waals surface area contributed by atoms with Crippen LogP contribution in [0.3, 0.4) is 0 Å². The molecule has 0 bridgehead atoms. The van der Waals surface area contributed by atoms with Gasteiger partial charge >= 0.3 is 5.97 Å². The normalized spacial score (nSPS) is 16.9. The Bertz CT molecular complexity index is 1430. The molecule has 10 nitrogen and oxygen atoms in total. The van der Waals surface area contributed by atoms with Crippen molar-refractivity contribution in [1.82, 2.24) is 30.0 Å². The lowest BCUT2D eigenvalue weighted by atomic mass is 9.97. The summed E-state index contributed by atoms with van der Waals surface area (Å²) in [6.07, 6.45) is 3.61. The van der Waals surface area contributed by atoms with E-state index in [9.17, 15) is 14.7 Å². The molecule has 4 aromatic rings. The number of allylic oxidation sites excluding steroid dienone is 1. The van der Waals surface area contributed by atoms with E-state index in [2.05, 4.69) is 20.6 Å². The highest BCUT2D eigenvalue weighted by Gasteiger charge is 2.32. The molecule has 0 amide bonds. The number of tetrazole rings is 1. The second-order valence-electron chi connectivity index (χ2n) is 8.06. The number of hydrogen-bond acceptors (Lipinski definition) is 6. The highest BCUT2D eigenvalue weighted by atomic mass is 16.5. The molecule has 2 aromatic carbocycles. The maximum Gasteiger partial charge on any atom is 0.332 e. The molecular formula is C24H22N6O4. The first kappa shape index (κ1) is 21.4. The van der Waals surface area contributed by atoms with Gasteiger partial charge in [-0.1, -0.05) is 60.7 Å². The molecule has 172 valence electrons. The second-order valence-corrected chi connectivity index (χ2v) is 8.06. The summed E-state index contributed by atoms with van der Waals surface area (Å²) in [6.45, 7) is 1.88. The molecule has 34 heavy (non-hydrogen) atoms. The quantitative estimate of drug-likeness (QED) is 0.425. The van der Waals surface area contributed by atoms with Gasteiger partial charge in [0.05, 0.1) is 18.7 Å². The fraction of sp³-hybridized carbons (Fsp3) is 0.208. The molecule has 0 fully saturated rings. The molecule has 10 heteroatoms. The van der Waals surface area contributed by atoms with Crippen molar-refractivity contribution in [3.05, 3.63) is 82.2 Å². The Kier molecular flexibility index (Phi) is 5.33. The average molecular weight is 458 g/mol. The molecule has 2 aromatic heterocycles. The average Bonchev–Trinajstić information content (AvgIpc) is 3.48. The van der Waals surface area contributed by atoms with Crippen molar-refractivity contribution in [2.45, 2.75) is 25.4 Å². The van der Waals surface area contributed by atoms with Crippen molar-refractivity contribution in [2.24, 2.45) is 0 Å². The van der Waals surface area contributed by atoms with Gasteiger partial charge in [-0.2, -0.15) is 0 Å². The van der Waals surface area contributed by atoms with E-state index in [1.54, 1.807) is 10.8 Å². The number of carboxylic acids is 1. The molecule has 1 aliphatic heterocycles. The molecule has 0 saturated carbocycles. The maximum absolute atomic E-state index is 13.3. The molecule has 0 spiro atoms. The second kappa shape index (κ2) is 8.47. The van der Waals surface area contributed by atoms with Gasteiger partial charge in [0.25, 0.3) is 5.56 Å². The summed E-state index contributed by atoms with van der Waals surface area (Å²) in [6, 6.07) is 14.4. The molecule has 0 radical (unpaired) electrons. The standard InChI is InChI=1S/C24H22N6O4/c1-14-7-12-20(24(32)33)30-22(31)19(23(34-2)29(14)30)13-15-8-10-16(11-9-15)17-5-3-4-6-18(17)21-25-27-28-26-21/h3-12,14,20H,13H2,1-2H3,(H,32,33)(H,25,26,27,28). The number of H-pyrrole nitrogens is 1. The summed E-state index contributed by atoms with van der Waals surface area (Å²) in [5.41, 5.74) is 3.77. The molecule has 2 unspecified atom stereocenters. The third-order valence-corrected chi connectivity index (χ3v) is 6.01. The van der Waals surface area contributed by atoms with Crippen molar-refractivity contribution >= 4 is 5.97 Å². The topological polar surface area (TPSA) is 128 Å². The zero-order chi connectivity index (χ0) is 23.8. The number of carboxylic acid groups (broad SMARTS) is 1. The summed E-state index contributed by atoms with van der Waals surface area (Å²) >= 11 is 0. The van der Waals surface area contributed by atoms with Crippen LogP contribution in [0.2, 0.25) is 0 Å². The number of fused-ring (bicyclic) bond motifs is 1. The SMILES string of the molecule is COc1c(Cc2ccc(-c3ccccc3-c3nnn[nH]3)cc2)c(=O)n2n1C(C)C=CC2C(=O)O. The predicted octanol–water partition coefficient (Wildman–Crippen LogP) is 2.85. The van der Waals surface area contributed by atoms with Gasteiger partial charge in [0.2, 0.25) is 5.88 Å². The van der Waals surface area contributed by atoms with Crippen LogP contribution in [-0.2, 0) is 11.2 Å². The first-order valence-corrected chi connectivity index (χ1v) is 10.7. The Morgan fingerprint density at radius 3 is 2.47 bits per heavy atom. The predicted molar refractivity (Wildman–Crippen MR) is 124 cm³/mol. The van der Waals surface area contributed by atoms with Crippen LogP contribution in [0.5, 0.6) is 5.88 Å². The first-order valence-electron chi connectivity index (χ1n) is 10.7. The number of aromatic amines is 1. The van der Waals surface area contributed by atoms with E-state index >= 15 is 0 Å². The van der Waals surface area contributed by atoms with Gasteiger partial charge in [0.1, 0.15) is 0 Å². The fourth-order valence-corrected chi connectivity index (χ4v) is 4.41. The summed E-state index contributed by atoms with van der Waals surface area (Å²) in [7, 11) is 1.49. The van der Waals surface area contributed by atoms with Gasteiger partial charge in [0, 0.05) is 12.0 Å². The Labute approximate surface area is 194 Å². The summed E-state index contributed by atoms with van der Waals surface area (Å²) in [4.78, 5) is 25.0. The third kappa shape index (κ3) is 3.49. The zero-order valence-electron chi connectivity index (χ0n) is 18.5. The van der Waals surface area contributed by atoms with Crippen molar-refractivity contribution in [1.29, 1.82) is 0 Å².